The molecule has 2 fully saturated rings. The Kier molecular flexibility index (Phi) is 6.31. The van der Waals surface area contributed by atoms with Gasteiger partial charge in [-0.15, -0.1) is 0 Å². The predicted molar refractivity (Wildman–Crippen MR) is 85.0 cm³/mol. The van der Waals surface area contributed by atoms with Crippen LogP contribution in [0.4, 0.5) is 0 Å². The van der Waals surface area contributed by atoms with E-state index in [4.69, 9.17) is 4.74 Å². The van der Waals surface area contributed by atoms with E-state index in [1.807, 2.05) is 0 Å². The zero-order chi connectivity index (χ0) is 14.5. The standard InChI is InChI=1S/C17H34N2O/c1-5-18-17-10-13(2)9-14(3)16(17)12-19-7-6-8-20-15(4)11-19/h13-18H,5-12H2,1-4H3. The summed E-state index contributed by atoms with van der Waals surface area (Å²) >= 11 is 0. The highest BCUT2D eigenvalue weighted by Gasteiger charge is 2.34. The Morgan fingerprint density at radius 2 is 2.00 bits per heavy atom. The minimum atomic E-state index is 0.396. The Labute approximate surface area is 125 Å². The maximum Gasteiger partial charge on any atom is 0.0673 e. The van der Waals surface area contributed by atoms with Crippen LogP contribution in [0.1, 0.15) is 47.0 Å². The van der Waals surface area contributed by atoms with Crippen molar-refractivity contribution >= 4 is 0 Å². The van der Waals surface area contributed by atoms with E-state index < -0.39 is 0 Å². The molecule has 2 aliphatic rings. The van der Waals surface area contributed by atoms with E-state index in [2.05, 4.69) is 37.9 Å². The van der Waals surface area contributed by atoms with Crippen molar-refractivity contribution in [2.75, 3.05) is 32.8 Å². The molecule has 0 aromatic heterocycles. The number of rotatable bonds is 4. The van der Waals surface area contributed by atoms with E-state index in [-0.39, 0.29) is 0 Å². The van der Waals surface area contributed by atoms with Crippen molar-refractivity contribution < 1.29 is 4.74 Å². The Hall–Kier alpha value is -0.120. The summed E-state index contributed by atoms with van der Waals surface area (Å²) < 4.78 is 5.78. The van der Waals surface area contributed by atoms with E-state index >= 15 is 0 Å². The van der Waals surface area contributed by atoms with Crippen LogP contribution in [0.2, 0.25) is 0 Å². The first-order chi connectivity index (χ1) is 9.60. The molecule has 1 N–H and O–H groups in total. The summed E-state index contributed by atoms with van der Waals surface area (Å²) in [6.45, 7) is 14.9. The molecule has 20 heavy (non-hydrogen) atoms. The molecule has 118 valence electrons. The van der Waals surface area contributed by atoms with Gasteiger partial charge in [-0.05, 0) is 50.5 Å². The molecule has 2 rings (SSSR count). The molecule has 0 radical (unpaired) electrons. The van der Waals surface area contributed by atoms with Crippen LogP contribution in [-0.2, 0) is 4.74 Å². The van der Waals surface area contributed by atoms with Gasteiger partial charge in [0.25, 0.3) is 0 Å². The number of nitrogens with zero attached hydrogens (tertiary/aromatic N) is 1. The molecule has 3 heteroatoms. The van der Waals surface area contributed by atoms with Crippen molar-refractivity contribution in [1.82, 2.24) is 10.2 Å². The molecular weight excluding hydrogens is 248 g/mol. The van der Waals surface area contributed by atoms with Gasteiger partial charge in [0, 0.05) is 32.3 Å². The van der Waals surface area contributed by atoms with E-state index in [1.165, 1.54) is 32.4 Å². The van der Waals surface area contributed by atoms with Crippen LogP contribution >= 0.6 is 0 Å². The summed E-state index contributed by atoms with van der Waals surface area (Å²) in [6.07, 6.45) is 4.33. The second-order valence-electron chi connectivity index (χ2n) is 7.18. The molecular formula is C17H34N2O. The van der Waals surface area contributed by atoms with Gasteiger partial charge in [-0.3, -0.25) is 0 Å². The zero-order valence-electron chi connectivity index (χ0n) is 13.9. The van der Waals surface area contributed by atoms with Crippen LogP contribution in [-0.4, -0.2) is 49.8 Å². The number of hydrogen-bond acceptors (Lipinski definition) is 3. The molecule has 0 bridgehead atoms. The maximum absolute atomic E-state index is 5.78. The average molecular weight is 282 g/mol. The average Bonchev–Trinajstić information content (AvgIpc) is 2.58. The van der Waals surface area contributed by atoms with Crippen LogP contribution in [0.5, 0.6) is 0 Å². The van der Waals surface area contributed by atoms with Crippen molar-refractivity contribution in [3.05, 3.63) is 0 Å². The maximum atomic E-state index is 5.78. The molecule has 1 heterocycles. The molecule has 0 aromatic rings. The van der Waals surface area contributed by atoms with Crippen LogP contribution in [0, 0.1) is 17.8 Å². The zero-order valence-corrected chi connectivity index (χ0v) is 13.9. The quantitative estimate of drug-likeness (QED) is 0.858. The van der Waals surface area contributed by atoms with E-state index in [0.717, 1.165) is 37.5 Å². The molecule has 0 amide bonds. The molecule has 0 aromatic carbocycles. The highest BCUT2D eigenvalue weighted by molar-refractivity contribution is 4.89. The first-order valence-corrected chi connectivity index (χ1v) is 8.67. The number of hydrogen-bond donors (Lipinski definition) is 1. The Morgan fingerprint density at radius 3 is 2.75 bits per heavy atom. The van der Waals surface area contributed by atoms with E-state index in [1.54, 1.807) is 0 Å². The van der Waals surface area contributed by atoms with Gasteiger partial charge in [-0.1, -0.05) is 20.8 Å². The van der Waals surface area contributed by atoms with Gasteiger partial charge in [-0.2, -0.15) is 0 Å². The number of ether oxygens (including phenoxy) is 1. The minimum absolute atomic E-state index is 0.396. The normalized spacial score (nSPS) is 40.5. The Balaban J connectivity index is 1.96. The lowest BCUT2D eigenvalue weighted by molar-refractivity contribution is 0.0550. The van der Waals surface area contributed by atoms with Gasteiger partial charge in [0.1, 0.15) is 0 Å². The third kappa shape index (κ3) is 4.44. The molecule has 5 unspecified atom stereocenters. The van der Waals surface area contributed by atoms with Gasteiger partial charge in [0.05, 0.1) is 6.10 Å². The summed E-state index contributed by atoms with van der Waals surface area (Å²) in [6, 6.07) is 0.707. The second-order valence-corrected chi connectivity index (χ2v) is 7.18. The fraction of sp³-hybridized carbons (Fsp3) is 1.00. The molecule has 1 aliphatic carbocycles. The smallest absolute Gasteiger partial charge is 0.0673 e. The molecule has 3 nitrogen and oxygen atoms in total. The largest absolute Gasteiger partial charge is 0.377 e. The first kappa shape index (κ1) is 16.3. The monoisotopic (exact) mass is 282 g/mol. The third-order valence-corrected chi connectivity index (χ3v) is 5.15. The second kappa shape index (κ2) is 7.77. The molecule has 5 atom stereocenters. The summed E-state index contributed by atoms with van der Waals surface area (Å²) in [4.78, 5) is 2.65. The van der Waals surface area contributed by atoms with Crippen molar-refractivity contribution in [2.45, 2.75) is 59.1 Å². The summed E-state index contributed by atoms with van der Waals surface area (Å²) in [5.41, 5.74) is 0. The van der Waals surface area contributed by atoms with Gasteiger partial charge >= 0.3 is 0 Å². The fourth-order valence-electron chi connectivity index (χ4n) is 4.26. The highest BCUT2D eigenvalue weighted by atomic mass is 16.5. The Bertz CT molecular complexity index is 284. The topological polar surface area (TPSA) is 24.5 Å². The summed E-state index contributed by atoms with van der Waals surface area (Å²) in [5.74, 6) is 2.51. The predicted octanol–water partition coefficient (Wildman–Crippen LogP) is 2.76. The van der Waals surface area contributed by atoms with Crippen molar-refractivity contribution in [3.8, 4) is 0 Å². The van der Waals surface area contributed by atoms with Gasteiger partial charge in [0.2, 0.25) is 0 Å². The lowest BCUT2D eigenvalue weighted by atomic mass is 9.72. The lowest BCUT2D eigenvalue weighted by Crippen LogP contribution is -2.49. The summed E-state index contributed by atoms with van der Waals surface area (Å²) in [5, 5.41) is 3.75. The van der Waals surface area contributed by atoms with Crippen LogP contribution in [0.15, 0.2) is 0 Å². The molecule has 1 aliphatic heterocycles. The summed E-state index contributed by atoms with van der Waals surface area (Å²) in [7, 11) is 0. The van der Waals surface area contributed by atoms with E-state index in [9.17, 15) is 0 Å². The number of nitrogens with one attached hydrogen (secondary N) is 1. The highest BCUT2D eigenvalue weighted by Crippen LogP contribution is 2.34. The SMILES string of the molecule is CCNC1CC(C)CC(C)C1CN1CCCOC(C)C1. The Morgan fingerprint density at radius 1 is 1.20 bits per heavy atom. The molecule has 1 saturated heterocycles. The van der Waals surface area contributed by atoms with Gasteiger partial charge in [0.15, 0.2) is 0 Å². The lowest BCUT2D eigenvalue weighted by Gasteiger charge is -2.42. The van der Waals surface area contributed by atoms with Crippen molar-refractivity contribution in [1.29, 1.82) is 0 Å². The van der Waals surface area contributed by atoms with Gasteiger partial charge < -0.3 is 15.0 Å². The third-order valence-electron chi connectivity index (χ3n) is 5.15. The van der Waals surface area contributed by atoms with Crippen LogP contribution in [0.25, 0.3) is 0 Å². The van der Waals surface area contributed by atoms with E-state index in [0.29, 0.717) is 12.1 Å². The van der Waals surface area contributed by atoms with Crippen molar-refractivity contribution in [3.63, 3.8) is 0 Å². The first-order valence-electron chi connectivity index (χ1n) is 8.67. The van der Waals surface area contributed by atoms with Crippen LogP contribution < -0.4 is 5.32 Å². The molecule has 0 spiro atoms. The fourth-order valence-corrected chi connectivity index (χ4v) is 4.26. The van der Waals surface area contributed by atoms with Gasteiger partial charge in [-0.25, -0.2) is 0 Å². The minimum Gasteiger partial charge on any atom is -0.377 e. The van der Waals surface area contributed by atoms with Crippen molar-refractivity contribution in [2.24, 2.45) is 17.8 Å². The van der Waals surface area contributed by atoms with Crippen LogP contribution in [0.3, 0.4) is 0 Å². The molecule has 1 saturated carbocycles.